The lowest BCUT2D eigenvalue weighted by molar-refractivity contribution is 0.134. The molecule has 0 aromatic carbocycles. The Hall–Kier alpha value is -0.810. The van der Waals surface area contributed by atoms with Crippen molar-refractivity contribution >= 4 is 7.60 Å². The number of hydrogen-bond acceptors (Lipinski definition) is 5. The van der Waals surface area contributed by atoms with Gasteiger partial charge in [-0.1, -0.05) is 0 Å². The Morgan fingerprint density at radius 2 is 1.95 bits per heavy atom. The first-order valence-electron chi connectivity index (χ1n) is 6.34. The van der Waals surface area contributed by atoms with Gasteiger partial charge in [0, 0.05) is 18.2 Å². The molecule has 0 saturated heterocycles. The summed E-state index contributed by atoms with van der Waals surface area (Å²) in [5, 5.41) is 9.54. The van der Waals surface area contributed by atoms with Crippen LogP contribution in [0.2, 0.25) is 0 Å². The van der Waals surface area contributed by atoms with Crippen molar-refractivity contribution in [3.05, 3.63) is 17.3 Å². The molecule has 110 valence electrons. The minimum atomic E-state index is -3.14. The lowest BCUT2D eigenvalue weighted by atomic mass is 10.1. The lowest BCUT2D eigenvalue weighted by Crippen LogP contribution is -2.06. The predicted octanol–water partition coefficient (Wildman–Crippen LogP) is 2.81. The molecular formula is C12H22NO5P. The third kappa shape index (κ3) is 4.99. The van der Waals surface area contributed by atoms with E-state index in [1.54, 1.807) is 20.0 Å². The normalized spacial score (nSPS) is 11.9. The summed E-state index contributed by atoms with van der Waals surface area (Å²) in [7, 11) is -3.14. The highest BCUT2D eigenvalue weighted by Crippen LogP contribution is 2.47. The Kier molecular flexibility index (Phi) is 6.58. The number of nitrogens with one attached hydrogen (secondary N) is 1. The molecule has 1 rings (SSSR count). The molecule has 0 atom stereocenters. The summed E-state index contributed by atoms with van der Waals surface area (Å²) in [5.74, 6) is 0.152. The SMILES string of the molecule is CCOP(=O)(COCCc1c(C)c[nH]c1O)OCC. The fourth-order valence-electron chi connectivity index (χ4n) is 1.71. The average Bonchev–Trinajstić information content (AvgIpc) is 2.66. The van der Waals surface area contributed by atoms with Crippen molar-refractivity contribution < 1.29 is 23.5 Å². The Bertz CT molecular complexity index is 402. The molecule has 0 aliphatic rings. The highest BCUT2D eigenvalue weighted by atomic mass is 31.2. The fraction of sp³-hybridized carbons (Fsp3) is 0.667. The van der Waals surface area contributed by atoms with Crippen LogP contribution in [0.5, 0.6) is 5.88 Å². The standard InChI is InChI=1S/C12H22NO5P/c1-4-17-19(15,18-5-2)9-16-7-6-11-10(3)8-13-12(11)14/h8,13-14H,4-7,9H2,1-3H3. The maximum atomic E-state index is 12.1. The van der Waals surface area contributed by atoms with Gasteiger partial charge in [-0.25, -0.2) is 0 Å². The van der Waals surface area contributed by atoms with Crippen molar-refractivity contribution in [1.29, 1.82) is 0 Å². The lowest BCUT2D eigenvalue weighted by Gasteiger charge is -2.16. The minimum absolute atomic E-state index is 0.0705. The number of ether oxygens (including phenoxy) is 1. The van der Waals surface area contributed by atoms with Gasteiger partial charge in [0.05, 0.1) is 19.8 Å². The van der Waals surface area contributed by atoms with Crippen molar-refractivity contribution in [2.75, 3.05) is 26.2 Å². The van der Waals surface area contributed by atoms with Crippen LogP contribution >= 0.6 is 7.60 Å². The molecule has 0 aliphatic heterocycles. The quantitative estimate of drug-likeness (QED) is 0.540. The van der Waals surface area contributed by atoms with Crippen LogP contribution in [0, 0.1) is 6.92 Å². The first kappa shape index (κ1) is 16.2. The molecule has 1 aromatic rings. The van der Waals surface area contributed by atoms with E-state index in [4.69, 9.17) is 13.8 Å². The molecule has 0 fully saturated rings. The van der Waals surface area contributed by atoms with E-state index in [-0.39, 0.29) is 12.2 Å². The number of rotatable bonds is 9. The highest BCUT2D eigenvalue weighted by Gasteiger charge is 2.23. The van der Waals surface area contributed by atoms with Gasteiger partial charge in [-0.3, -0.25) is 4.57 Å². The Balaban J connectivity index is 2.39. The second kappa shape index (κ2) is 7.70. The maximum Gasteiger partial charge on any atom is 0.356 e. The zero-order valence-corrected chi connectivity index (χ0v) is 12.5. The molecule has 7 heteroatoms. The third-order valence-corrected chi connectivity index (χ3v) is 4.39. The van der Waals surface area contributed by atoms with Crippen LogP contribution in [-0.2, 0) is 24.8 Å². The minimum Gasteiger partial charge on any atom is -0.494 e. The third-order valence-electron chi connectivity index (χ3n) is 2.58. The zero-order valence-electron chi connectivity index (χ0n) is 11.6. The molecule has 0 aliphatic carbocycles. The summed E-state index contributed by atoms with van der Waals surface area (Å²) in [6.07, 6.45) is 2.20. The number of aryl methyl sites for hydroxylation is 1. The van der Waals surface area contributed by atoms with Gasteiger partial charge >= 0.3 is 7.60 Å². The smallest absolute Gasteiger partial charge is 0.356 e. The van der Waals surface area contributed by atoms with Crippen molar-refractivity contribution in [3.63, 3.8) is 0 Å². The first-order valence-corrected chi connectivity index (χ1v) is 8.07. The van der Waals surface area contributed by atoms with Crippen LogP contribution in [0.1, 0.15) is 25.0 Å². The summed E-state index contributed by atoms with van der Waals surface area (Å²) >= 11 is 0. The van der Waals surface area contributed by atoms with Crippen molar-refractivity contribution in [2.45, 2.75) is 27.2 Å². The number of H-pyrrole nitrogens is 1. The fourth-order valence-corrected chi connectivity index (χ4v) is 3.07. The summed E-state index contributed by atoms with van der Waals surface area (Å²) in [6.45, 7) is 6.39. The largest absolute Gasteiger partial charge is 0.494 e. The van der Waals surface area contributed by atoms with Crippen molar-refractivity contribution in [2.24, 2.45) is 0 Å². The van der Waals surface area contributed by atoms with Crippen LogP contribution in [0.4, 0.5) is 0 Å². The predicted molar refractivity (Wildman–Crippen MR) is 72.6 cm³/mol. The number of hydrogen-bond donors (Lipinski definition) is 2. The first-order chi connectivity index (χ1) is 9.02. The maximum absolute atomic E-state index is 12.1. The summed E-state index contributed by atoms with van der Waals surface area (Å²) in [4.78, 5) is 2.73. The Morgan fingerprint density at radius 1 is 1.32 bits per heavy atom. The molecular weight excluding hydrogens is 269 g/mol. The average molecular weight is 291 g/mol. The molecule has 19 heavy (non-hydrogen) atoms. The van der Waals surface area contributed by atoms with E-state index < -0.39 is 7.60 Å². The van der Waals surface area contributed by atoms with Gasteiger partial charge in [-0.2, -0.15) is 0 Å². The van der Waals surface area contributed by atoms with Gasteiger partial charge in [0.2, 0.25) is 0 Å². The number of aromatic amines is 1. The van der Waals surface area contributed by atoms with Crippen molar-refractivity contribution in [1.82, 2.24) is 4.98 Å². The van der Waals surface area contributed by atoms with Gasteiger partial charge in [-0.15, -0.1) is 0 Å². The molecule has 0 unspecified atom stereocenters. The van der Waals surface area contributed by atoms with E-state index in [1.165, 1.54) is 0 Å². The molecule has 1 heterocycles. The number of aromatic nitrogens is 1. The Labute approximate surface area is 113 Å². The molecule has 0 radical (unpaired) electrons. The van der Waals surface area contributed by atoms with E-state index >= 15 is 0 Å². The second-order valence-corrected chi connectivity index (χ2v) is 6.03. The molecule has 0 saturated carbocycles. The molecule has 2 N–H and O–H groups in total. The molecule has 1 aromatic heterocycles. The monoisotopic (exact) mass is 291 g/mol. The molecule has 0 bridgehead atoms. The van der Waals surface area contributed by atoms with Crippen LogP contribution in [-0.4, -0.2) is 36.3 Å². The van der Waals surface area contributed by atoms with Gasteiger partial charge in [0.1, 0.15) is 6.35 Å². The van der Waals surface area contributed by atoms with Crippen molar-refractivity contribution in [3.8, 4) is 5.88 Å². The van der Waals surface area contributed by atoms with Gasteiger partial charge in [-0.05, 0) is 26.3 Å². The highest BCUT2D eigenvalue weighted by molar-refractivity contribution is 7.53. The second-order valence-electron chi connectivity index (χ2n) is 4.03. The van der Waals surface area contributed by atoms with Crippen LogP contribution in [0.15, 0.2) is 6.20 Å². The van der Waals surface area contributed by atoms with E-state index in [9.17, 15) is 9.67 Å². The van der Waals surface area contributed by atoms with E-state index in [1.807, 2.05) is 6.92 Å². The van der Waals surface area contributed by atoms with Gasteiger partial charge in [0.25, 0.3) is 0 Å². The van der Waals surface area contributed by atoms with Gasteiger partial charge < -0.3 is 23.9 Å². The van der Waals surface area contributed by atoms with Crippen LogP contribution in [0.3, 0.4) is 0 Å². The summed E-state index contributed by atoms with van der Waals surface area (Å²) < 4.78 is 27.6. The van der Waals surface area contributed by atoms with Crippen LogP contribution in [0.25, 0.3) is 0 Å². The topological polar surface area (TPSA) is 80.8 Å². The van der Waals surface area contributed by atoms with E-state index in [0.717, 1.165) is 11.1 Å². The molecule has 0 spiro atoms. The summed E-state index contributed by atoms with van der Waals surface area (Å²) in [5.41, 5.74) is 1.78. The number of aromatic hydroxyl groups is 1. The molecule has 6 nitrogen and oxygen atoms in total. The zero-order chi connectivity index (χ0) is 14.3. The summed E-state index contributed by atoms with van der Waals surface area (Å²) in [6, 6.07) is 0. The van der Waals surface area contributed by atoms with E-state index in [0.29, 0.717) is 26.2 Å². The Morgan fingerprint density at radius 3 is 2.42 bits per heavy atom. The molecule has 0 amide bonds. The van der Waals surface area contributed by atoms with Gasteiger partial charge in [0.15, 0.2) is 5.88 Å². The van der Waals surface area contributed by atoms with E-state index in [2.05, 4.69) is 4.98 Å². The van der Waals surface area contributed by atoms with Crippen LogP contribution < -0.4 is 0 Å².